The van der Waals surface area contributed by atoms with Crippen molar-refractivity contribution < 1.29 is 8.42 Å². The van der Waals surface area contributed by atoms with Crippen molar-refractivity contribution in [1.82, 2.24) is 15.5 Å². The number of piperidine rings is 1. The average Bonchev–Trinajstić information content (AvgIpc) is 3.46. The summed E-state index contributed by atoms with van der Waals surface area (Å²) in [6, 6.07) is 8.52. The molecule has 6 nitrogen and oxygen atoms in total. The molecule has 2 aliphatic rings. The van der Waals surface area contributed by atoms with Crippen LogP contribution in [0.2, 0.25) is 5.02 Å². The van der Waals surface area contributed by atoms with Gasteiger partial charge < -0.3 is 15.5 Å². The summed E-state index contributed by atoms with van der Waals surface area (Å²) in [4.78, 5) is 7.13. The number of guanidine groups is 1. The van der Waals surface area contributed by atoms with Crippen LogP contribution in [0.1, 0.15) is 38.2 Å². The van der Waals surface area contributed by atoms with Gasteiger partial charge >= 0.3 is 0 Å². The van der Waals surface area contributed by atoms with Crippen LogP contribution >= 0.6 is 35.6 Å². The second-order valence-corrected chi connectivity index (χ2v) is 11.1. The van der Waals surface area contributed by atoms with E-state index in [1.165, 1.54) is 11.8 Å². The zero-order chi connectivity index (χ0) is 20.9. The topological polar surface area (TPSA) is 73.8 Å². The fourth-order valence-corrected chi connectivity index (χ4v) is 4.63. The molecule has 0 radical (unpaired) electrons. The second-order valence-electron chi connectivity index (χ2n) is 8.38. The average molecular weight is 569 g/mol. The van der Waals surface area contributed by atoms with Crippen LogP contribution in [0.25, 0.3) is 0 Å². The Labute approximate surface area is 203 Å². The second kappa shape index (κ2) is 11.3. The number of nitrogens with zero attached hydrogens (tertiary/aromatic N) is 2. The van der Waals surface area contributed by atoms with Crippen LogP contribution < -0.4 is 10.6 Å². The molecule has 0 amide bonds. The van der Waals surface area contributed by atoms with E-state index in [0.29, 0.717) is 12.6 Å². The highest BCUT2D eigenvalue weighted by molar-refractivity contribution is 14.0. The van der Waals surface area contributed by atoms with Gasteiger partial charge in [-0.1, -0.05) is 23.7 Å². The Morgan fingerprint density at radius 2 is 2.00 bits per heavy atom. The van der Waals surface area contributed by atoms with Gasteiger partial charge in [0.05, 0.1) is 12.3 Å². The van der Waals surface area contributed by atoms with Crippen molar-refractivity contribution >= 4 is 51.4 Å². The van der Waals surface area contributed by atoms with Gasteiger partial charge in [0, 0.05) is 48.9 Å². The van der Waals surface area contributed by atoms with Crippen LogP contribution in [0.5, 0.6) is 0 Å². The highest BCUT2D eigenvalue weighted by Crippen LogP contribution is 2.48. The van der Waals surface area contributed by atoms with E-state index in [-0.39, 0.29) is 35.1 Å². The highest BCUT2D eigenvalue weighted by Gasteiger charge is 2.44. The van der Waals surface area contributed by atoms with Crippen LogP contribution in [0.4, 0.5) is 0 Å². The van der Waals surface area contributed by atoms with E-state index in [1.807, 2.05) is 12.1 Å². The highest BCUT2D eigenvalue weighted by atomic mass is 127. The van der Waals surface area contributed by atoms with Crippen molar-refractivity contribution in [2.45, 2.75) is 44.1 Å². The van der Waals surface area contributed by atoms with Crippen LogP contribution in [0, 0.1) is 0 Å². The molecule has 0 aromatic heterocycles. The van der Waals surface area contributed by atoms with E-state index in [2.05, 4.69) is 34.6 Å². The first-order valence-electron chi connectivity index (χ1n) is 10.5. The molecule has 1 heterocycles. The first-order chi connectivity index (χ1) is 13.8. The lowest BCUT2D eigenvalue weighted by Gasteiger charge is -2.33. The zero-order valence-electron chi connectivity index (χ0n) is 17.9. The molecule has 30 heavy (non-hydrogen) atoms. The lowest BCUT2D eigenvalue weighted by Crippen LogP contribution is -2.49. The molecule has 1 aliphatic heterocycles. The molecule has 1 aliphatic carbocycles. The minimum absolute atomic E-state index is 0. The quantitative estimate of drug-likeness (QED) is 0.287. The zero-order valence-corrected chi connectivity index (χ0v) is 21.8. The van der Waals surface area contributed by atoms with Crippen molar-refractivity contribution in [2.24, 2.45) is 4.99 Å². The summed E-state index contributed by atoms with van der Waals surface area (Å²) in [5, 5.41) is 7.73. The molecule has 3 rings (SSSR count). The standard InChI is InChI=1S/C21H33ClN4O2S.HI/c1-3-23-20(24-16-21(9-10-21)17-5-4-6-18(22)15-17)25-19-7-11-26(12-8-19)13-14-29(2,27)28;/h4-6,15,19H,3,7-14,16H2,1-2H3,(H2,23,24,25);1H. The van der Waals surface area contributed by atoms with Gasteiger partial charge in [-0.15, -0.1) is 24.0 Å². The molecular formula is C21H34ClIN4O2S. The van der Waals surface area contributed by atoms with Crippen LogP contribution in [-0.4, -0.2) is 70.1 Å². The molecule has 1 aromatic rings. The lowest BCUT2D eigenvalue weighted by molar-refractivity contribution is 0.216. The van der Waals surface area contributed by atoms with Crippen molar-refractivity contribution in [3.63, 3.8) is 0 Å². The minimum atomic E-state index is -2.90. The fourth-order valence-electron chi connectivity index (χ4n) is 3.85. The van der Waals surface area contributed by atoms with Crippen molar-refractivity contribution in [1.29, 1.82) is 0 Å². The van der Waals surface area contributed by atoms with Crippen molar-refractivity contribution in [3.8, 4) is 0 Å². The van der Waals surface area contributed by atoms with Crippen LogP contribution in [0.3, 0.4) is 0 Å². The van der Waals surface area contributed by atoms with E-state index >= 15 is 0 Å². The number of benzene rings is 1. The Balaban J connectivity index is 0.00000320. The maximum atomic E-state index is 11.4. The van der Waals surface area contributed by atoms with Gasteiger partial charge in [0.1, 0.15) is 9.84 Å². The molecule has 0 bridgehead atoms. The fraction of sp³-hybridized carbons (Fsp3) is 0.667. The minimum Gasteiger partial charge on any atom is -0.357 e. The van der Waals surface area contributed by atoms with Gasteiger partial charge in [-0.3, -0.25) is 4.99 Å². The summed E-state index contributed by atoms with van der Waals surface area (Å²) in [6.45, 7) is 6.12. The summed E-state index contributed by atoms with van der Waals surface area (Å²) >= 11 is 6.18. The maximum Gasteiger partial charge on any atom is 0.191 e. The maximum absolute atomic E-state index is 11.4. The third-order valence-electron chi connectivity index (χ3n) is 5.88. The van der Waals surface area contributed by atoms with E-state index in [4.69, 9.17) is 16.6 Å². The Kier molecular flexibility index (Phi) is 9.70. The molecule has 0 atom stereocenters. The molecular weight excluding hydrogens is 535 g/mol. The first-order valence-corrected chi connectivity index (χ1v) is 12.9. The number of hydrogen-bond acceptors (Lipinski definition) is 4. The molecule has 2 fully saturated rings. The van der Waals surface area contributed by atoms with Gasteiger partial charge in [0.2, 0.25) is 0 Å². The summed E-state index contributed by atoms with van der Waals surface area (Å²) in [6.07, 6.45) is 5.58. The number of nitrogens with one attached hydrogen (secondary N) is 2. The molecule has 170 valence electrons. The number of sulfone groups is 1. The first kappa shape index (κ1) is 25.7. The summed E-state index contributed by atoms with van der Waals surface area (Å²) in [5.41, 5.74) is 1.41. The summed E-state index contributed by atoms with van der Waals surface area (Å²) < 4.78 is 22.7. The predicted octanol–water partition coefficient (Wildman–Crippen LogP) is 3.05. The number of rotatable bonds is 8. The number of hydrogen-bond donors (Lipinski definition) is 2. The molecule has 1 saturated carbocycles. The number of halogens is 2. The van der Waals surface area contributed by atoms with Crippen molar-refractivity contribution in [2.75, 3.05) is 44.7 Å². The smallest absolute Gasteiger partial charge is 0.191 e. The van der Waals surface area contributed by atoms with Gasteiger partial charge in [0.15, 0.2) is 5.96 Å². The van der Waals surface area contributed by atoms with Gasteiger partial charge in [-0.25, -0.2) is 8.42 Å². The van der Waals surface area contributed by atoms with Crippen molar-refractivity contribution in [3.05, 3.63) is 34.9 Å². The predicted molar refractivity (Wildman–Crippen MR) is 136 cm³/mol. The molecule has 2 N–H and O–H groups in total. The van der Waals surface area contributed by atoms with E-state index < -0.39 is 9.84 Å². The molecule has 1 saturated heterocycles. The Morgan fingerprint density at radius 1 is 1.30 bits per heavy atom. The van der Waals surface area contributed by atoms with Gasteiger partial charge in [-0.2, -0.15) is 0 Å². The monoisotopic (exact) mass is 568 g/mol. The van der Waals surface area contributed by atoms with E-state index in [0.717, 1.165) is 62.8 Å². The number of likely N-dealkylation sites (tertiary alicyclic amines) is 1. The molecule has 1 aromatic carbocycles. The van der Waals surface area contributed by atoms with Gasteiger partial charge in [-0.05, 0) is 50.3 Å². The molecule has 9 heteroatoms. The lowest BCUT2D eigenvalue weighted by atomic mass is 9.96. The van der Waals surface area contributed by atoms with Gasteiger partial charge in [0.25, 0.3) is 0 Å². The summed E-state index contributed by atoms with van der Waals surface area (Å²) in [7, 11) is -2.90. The summed E-state index contributed by atoms with van der Waals surface area (Å²) in [5.74, 6) is 1.11. The largest absolute Gasteiger partial charge is 0.357 e. The third-order valence-corrected chi connectivity index (χ3v) is 7.04. The Morgan fingerprint density at radius 3 is 2.57 bits per heavy atom. The third kappa shape index (κ3) is 7.84. The normalized spacial score (nSPS) is 19.8. The molecule has 0 spiro atoms. The SMILES string of the molecule is CCNC(=NCC1(c2cccc(Cl)c2)CC1)NC1CCN(CCS(C)(=O)=O)CC1.I. The Bertz CT molecular complexity index is 822. The molecule has 0 unspecified atom stereocenters. The Hall–Kier alpha value is -0.580. The number of aliphatic imine (C=N–C) groups is 1. The van der Waals surface area contributed by atoms with Crippen LogP contribution in [0.15, 0.2) is 29.3 Å². The van der Waals surface area contributed by atoms with E-state index in [1.54, 1.807) is 0 Å². The van der Waals surface area contributed by atoms with Crippen LogP contribution in [-0.2, 0) is 15.3 Å². The van der Waals surface area contributed by atoms with E-state index in [9.17, 15) is 8.42 Å².